The van der Waals surface area contributed by atoms with Crippen LogP contribution in [0.4, 0.5) is 4.39 Å². The lowest BCUT2D eigenvalue weighted by Gasteiger charge is -2.20. The first-order valence-corrected chi connectivity index (χ1v) is 10.3. The zero-order chi connectivity index (χ0) is 20.1. The normalized spacial score (nSPS) is 21.7. The lowest BCUT2D eigenvalue weighted by molar-refractivity contribution is -0.143. The Kier molecular flexibility index (Phi) is 11.9. The van der Waals surface area contributed by atoms with Crippen LogP contribution in [0, 0.1) is 11.8 Å². The molecule has 0 spiro atoms. The van der Waals surface area contributed by atoms with E-state index < -0.39 is 12.3 Å². The molecule has 0 aromatic rings. The van der Waals surface area contributed by atoms with Gasteiger partial charge in [-0.2, -0.15) is 0 Å². The Morgan fingerprint density at radius 3 is 2.78 bits per heavy atom. The number of carbonyl (C=O) groups excluding carboxylic acids is 2. The highest BCUT2D eigenvalue weighted by molar-refractivity contribution is 5.94. The van der Waals surface area contributed by atoms with Gasteiger partial charge in [0.15, 0.2) is 5.78 Å². The van der Waals surface area contributed by atoms with Crippen LogP contribution in [0.5, 0.6) is 0 Å². The number of esters is 1. The minimum atomic E-state index is -1.18. The van der Waals surface area contributed by atoms with Crippen LogP contribution < -0.4 is 0 Å². The molecule has 1 aliphatic carbocycles. The van der Waals surface area contributed by atoms with Gasteiger partial charge in [-0.1, -0.05) is 38.0 Å². The molecule has 27 heavy (non-hydrogen) atoms. The maximum absolute atomic E-state index is 13.9. The molecule has 1 rings (SSSR count). The topological polar surface area (TPSA) is 63.6 Å². The highest BCUT2D eigenvalue weighted by Gasteiger charge is 2.30. The number of ether oxygens (including phenoxy) is 1. The average molecular weight is 383 g/mol. The van der Waals surface area contributed by atoms with Crippen molar-refractivity contribution in [3.8, 4) is 0 Å². The Bertz CT molecular complexity index is 501. The van der Waals surface area contributed by atoms with Gasteiger partial charge in [-0.05, 0) is 57.4 Å². The Hall–Kier alpha value is -1.49. The van der Waals surface area contributed by atoms with Gasteiger partial charge >= 0.3 is 5.97 Å². The predicted molar refractivity (Wildman–Crippen MR) is 105 cm³/mol. The van der Waals surface area contributed by atoms with E-state index in [1.807, 2.05) is 25.2 Å². The van der Waals surface area contributed by atoms with E-state index in [2.05, 4.69) is 0 Å². The van der Waals surface area contributed by atoms with E-state index in [-0.39, 0.29) is 23.6 Å². The van der Waals surface area contributed by atoms with Crippen molar-refractivity contribution in [3.05, 3.63) is 24.3 Å². The largest absolute Gasteiger partial charge is 0.466 e. The molecule has 0 heterocycles. The minimum Gasteiger partial charge on any atom is -0.466 e. The SMILES string of the molecule is CCCCC(F)C(O)CC[C@H]1C=CC(=O)C1C/C=C\CCCC(=O)OCC. The van der Waals surface area contributed by atoms with Crippen molar-refractivity contribution < 1.29 is 23.8 Å². The third-order valence-corrected chi connectivity index (χ3v) is 5.05. The fourth-order valence-electron chi connectivity index (χ4n) is 3.37. The maximum Gasteiger partial charge on any atom is 0.305 e. The Morgan fingerprint density at radius 2 is 2.07 bits per heavy atom. The summed E-state index contributed by atoms with van der Waals surface area (Å²) < 4.78 is 18.8. The monoisotopic (exact) mass is 382 g/mol. The summed E-state index contributed by atoms with van der Waals surface area (Å²) in [7, 11) is 0. The van der Waals surface area contributed by atoms with E-state index in [9.17, 15) is 19.1 Å². The summed E-state index contributed by atoms with van der Waals surface area (Å²) in [5, 5.41) is 9.98. The van der Waals surface area contributed by atoms with Crippen molar-refractivity contribution in [3.63, 3.8) is 0 Å². The lowest BCUT2D eigenvalue weighted by Crippen LogP contribution is -2.24. The van der Waals surface area contributed by atoms with Gasteiger partial charge in [0, 0.05) is 12.3 Å². The summed E-state index contributed by atoms with van der Waals surface area (Å²) in [4.78, 5) is 23.3. The molecule has 0 fully saturated rings. The summed E-state index contributed by atoms with van der Waals surface area (Å²) in [6.45, 7) is 4.20. The lowest BCUT2D eigenvalue weighted by atomic mass is 9.86. The van der Waals surface area contributed by atoms with E-state index >= 15 is 0 Å². The molecule has 0 bridgehead atoms. The van der Waals surface area contributed by atoms with E-state index in [0.29, 0.717) is 38.7 Å². The number of halogens is 1. The Labute approximate surface area is 162 Å². The summed E-state index contributed by atoms with van der Waals surface area (Å²) in [6.07, 6.45) is 11.0. The van der Waals surface area contributed by atoms with Crippen LogP contribution in [0.25, 0.3) is 0 Å². The van der Waals surface area contributed by atoms with Gasteiger partial charge in [0.05, 0.1) is 12.7 Å². The molecular weight excluding hydrogens is 347 g/mol. The molecule has 1 aliphatic rings. The molecule has 1 N–H and O–H groups in total. The van der Waals surface area contributed by atoms with Crippen LogP contribution in [0.3, 0.4) is 0 Å². The molecule has 5 heteroatoms. The number of hydrogen-bond donors (Lipinski definition) is 1. The van der Waals surface area contributed by atoms with Crippen LogP contribution in [0.15, 0.2) is 24.3 Å². The maximum atomic E-state index is 13.9. The number of ketones is 1. The van der Waals surface area contributed by atoms with Crippen molar-refractivity contribution in [1.29, 1.82) is 0 Å². The molecule has 0 amide bonds. The van der Waals surface area contributed by atoms with Gasteiger partial charge in [0.1, 0.15) is 6.17 Å². The van der Waals surface area contributed by atoms with Gasteiger partial charge in [-0.25, -0.2) is 4.39 Å². The first kappa shape index (κ1) is 23.5. The highest BCUT2D eigenvalue weighted by Crippen LogP contribution is 2.31. The molecule has 4 atom stereocenters. The second-order valence-electron chi connectivity index (χ2n) is 7.24. The molecular formula is C22H35FO4. The first-order chi connectivity index (χ1) is 13.0. The summed E-state index contributed by atoms with van der Waals surface area (Å²) >= 11 is 0. The smallest absolute Gasteiger partial charge is 0.305 e. The molecule has 3 unspecified atom stereocenters. The average Bonchev–Trinajstić information content (AvgIpc) is 3.00. The van der Waals surface area contributed by atoms with Crippen LogP contribution >= 0.6 is 0 Å². The van der Waals surface area contributed by atoms with Crippen molar-refractivity contribution >= 4 is 11.8 Å². The second-order valence-corrected chi connectivity index (χ2v) is 7.24. The number of carbonyl (C=O) groups is 2. The van der Waals surface area contributed by atoms with E-state index in [0.717, 1.165) is 25.7 Å². The number of rotatable bonds is 14. The molecule has 0 radical (unpaired) electrons. The van der Waals surface area contributed by atoms with Crippen molar-refractivity contribution in [2.75, 3.05) is 6.61 Å². The minimum absolute atomic E-state index is 0.0645. The van der Waals surface area contributed by atoms with Crippen LogP contribution in [-0.4, -0.2) is 35.7 Å². The third-order valence-electron chi connectivity index (χ3n) is 5.05. The van der Waals surface area contributed by atoms with Crippen LogP contribution in [0.2, 0.25) is 0 Å². The van der Waals surface area contributed by atoms with Gasteiger partial charge in [-0.15, -0.1) is 0 Å². The third kappa shape index (κ3) is 9.32. The summed E-state index contributed by atoms with van der Waals surface area (Å²) in [6, 6.07) is 0. The standard InChI is InChI=1S/C22H35FO4/c1-3-5-11-19(23)21(25)16-14-17-13-15-20(24)18(17)10-8-6-7-9-12-22(26)27-4-2/h6,8,13,15,17-19,21,25H,3-5,7,9-12,14,16H2,1-2H3/b8-6-/t17-,18?,19?,21?/m1/s1. The number of aliphatic hydroxyl groups excluding tert-OH is 1. The second kappa shape index (κ2) is 13.6. The van der Waals surface area contributed by atoms with Crippen molar-refractivity contribution in [2.24, 2.45) is 11.8 Å². The molecule has 0 aliphatic heterocycles. The molecule has 0 aromatic carbocycles. The van der Waals surface area contributed by atoms with E-state index in [1.165, 1.54) is 0 Å². The van der Waals surface area contributed by atoms with Gasteiger partial charge < -0.3 is 9.84 Å². The highest BCUT2D eigenvalue weighted by atomic mass is 19.1. The fourth-order valence-corrected chi connectivity index (χ4v) is 3.37. The molecule has 0 aromatic heterocycles. The van der Waals surface area contributed by atoms with Gasteiger partial charge in [0.2, 0.25) is 0 Å². The summed E-state index contributed by atoms with van der Waals surface area (Å²) in [5.74, 6) is -0.125. The van der Waals surface area contributed by atoms with Crippen molar-refractivity contribution in [2.45, 2.75) is 83.9 Å². The number of allylic oxidation sites excluding steroid dienone is 4. The van der Waals surface area contributed by atoms with Crippen LogP contribution in [-0.2, 0) is 14.3 Å². The molecule has 0 saturated carbocycles. The molecule has 0 saturated heterocycles. The fraction of sp³-hybridized carbons (Fsp3) is 0.727. The Morgan fingerprint density at radius 1 is 1.30 bits per heavy atom. The van der Waals surface area contributed by atoms with Gasteiger partial charge in [-0.3, -0.25) is 9.59 Å². The van der Waals surface area contributed by atoms with Gasteiger partial charge in [0.25, 0.3) is 0 Å². The predicted octanol–water partition coefficient (Wildman–Crippen LogP) is 4.71. The van der Waals surface area contributed by atoms with Crippen LogP contribution in [0.1, 0.15) is 71.6 Å². The number of hydrogen-bond acceptors (Lipinski definition) is 4. The zero-order valence-corrected chi connectivity index (χ0v) is 16.7. The van der Waals surface area contributed by atoms with E-state index in [1.54, 1.807) is 13.0 Å². The first-order valence-electron chi connectivity index (χ1n) is 10.3. The molecule has 154 valence electrons. The quantitative estimate of drug-likeness (QED) is 0.268. The number of unbranched alkanes of at least 4 members (excludes halogenated alkanes) is 2. The number of alkyl halides is 1. The Balaban J connectivity index is 2.31. The zero-order valence-electron chi connectivity index (χ0n) is 16.7. The number of aliphatic hydroxyl groups is 1. The summed E-state index contributed by atoms with van der Waals surface area (Å²) in [5.41, 5.74) is 0. The molecule has 4 nitrogen and oxygen atoms in total. The van der Waals surface area contributed by atoms with E-state index in [4.69, 9.17) is 4.74 Å². The van der Waals surface area contributed by atoms with Crippen molar-refractivity contribution in [1.82, 2.24) is 0 Å².